The highest BCUT2D eigenvalue weighted by atomic mass is 35.5. The van der Waals surface area contributed by atoms with Crippen molar-refractivity contribution in [2.45, 2.75) is 13.5 Å². The lowest BCUT2D eigenvalue weighted by molar-refractivity contribution is -0.131. The molecule has 108 valence electrons. The lowest BCUT2D eigenvalue weighted by Crippen LogP contribution is -1.96. The molecule has 0 fully saturated rings. The van der Waals surface area contributed by atoms with Gasteiger partial charge in [0.1, 0.15) is 12.4 Å². The molecule has 0 saturated carbocycles. The Morgan fingerprint density at radius 3 is 2.76 bits per heavy atom. The van der Waals surface area contributed by atoms with Crippen LogP contribution in [0.15, 0.2) is 48.5 Å². The zero-order chi connectivity index (χ0) is 15.2. The first-order valence-electron chi connectivity index (χ1n) is 6.43. The van der Waals surface area contributed by atoms with Crippen molar-refractivity contribution < 1.29 is 14.6 Å². The van der Waals surface area contributed by atoms with Gasteiger partial charge in [-0.2, -0.15) is 0 Å². The molecular weight excluding hydrogens is 288 g/mol. The Balaban J connectivity index is 2.06. The van der Waals surface area contributed by atoms with E-state index in [2.05, 4.69) is 6.07 Å². The van der Waals surface area contributed by atoms with E-state index >= 15 is 0 Å². The van der Waals surface area contributed by atoms with E-state index in [0.29, 0.717) is 22.9 Å². The lowest BCUT2D eigenvalue weighted by Gasteiger charge is -2.09. The van der Waals surface area contributed by atoms with E-state index in [1.54, 1.807) is 18.2 Å². The monoisotopic (exact) mass is 302 g/mol. The molecular formula is C17H15ClO3. The van der Waals surface area contributed by atoms with Crippen LogP contribution in [0.5, 0.6) is 5.75 Å². The molecule has 4 heteroatoms. The van der Waals surface area contributed by atoms with Crippen LogP contribution in [0.25, 0.3) is 6.08 Å². The first-order chi connectivity index (χ1) is 10.0. The van der Waals surface area contributed by atoms with E-state index < -0.39 is 5.97 Å². The molecule has 0 aliphatic carbocycles. The van der Waals surface area contributed by atoms with Gasteiger partial charge in [-0.05, 0) is 36.3 Å². The third-order valence-corrected chi connectivity index (χ3v) is 3.15. The van der Waals surface area contributed by atoms with E-state index in [1.165, 1.54) is 11.6 Å². The molecule has 1 N–H and O–H groups in total. The number of halogens is 1. The predicted molar refractivity (Wildman–Crippen MR) is 83.6 cm³/mol. The van der Waals surface area contributed by atoms with Gasteiger partial charge in [-0.3, -0.25) is 0 Å². The molecule has 0 aromatic heterocycles. The van der Waals surface area contributed by atoms with Crippen LogP contribution in [0.4, 0.5) is 0 Å². The summed E-state index contributed by atoms with van der Waals surface area (Å²) in [5.41, 5.74) is 2.96. The Labute approximate surface area is 128 Å². The van der Waals surface area contributed by atoms with E-state index in [0.717, 1.165) is 11.6 Å². The Morgan fingerprint density at radius 2 is 2.10 bits per heavy atom. The molecule has 2 aromatic carbocycles. The van der Waals surface area contributed by atoms with Gasteiger partial charge in [0, 0.05) is 6.08 Å². The Morgan fingerprint density at radius 1 is 1.29 bits per heavy atom. The fourth-order valence-electron chi connectivity index (χ4n) is 1.87. The summed E-state index contributed by atoms with van der Waals surface area (Å²) in [7, 11) is 0. The van der Waals surface area contributed by atoms with Gasteiger partial charge in [-0.15, -0.1) is 0 Å². The zero-order valence-corrected chi connectivity index (χ0v) is 12.3. The van der Waals surface area contributed by atoms with Gasteiger partial charge in [0.2, 0.25) is 0 Å². The normalized spacial score (nSPS) is 10.8. The fraction of sp³-hybridized carbons (Fsp3) is 0.118. The summed E-state index contributed by atoms with van der Waals surface area (Å²) >= 11 is 6.14. The van der Waals surface area contributed by atoms with Crippen LogP contribution in [0.3, 0.4) is 0 Å². The van der Waals surface area contributed by atoms with Crippen molar-refractivity contribution in [3.8, 4) is 5.75 Å². The minimum Gasteiger partial charge on any atom is -0.487 e. The van der Waals surface area contributed by atoms with E-state index in [1.807, 2.05) is 25.1 Å². The molecule has 0 radical (unpaired) electrons. The number of aryl methyl sites for hydroxylation is 1. The minimum absolute atomic E-state index is 0.436. The molecule has 0 aliphatic heterocycles. The summed E-state index contributed by atoms with van der Waals surface area (Å²) in [5, 5.41) is 9.04. The molecule has 0 saturated heterocycles. The average molecular weight is 303 g/mol. The number of carboxylic acid groups (broad SMARTS) is 1. The topological polar surface area (TPSA) is 46.5 Å². The summed E-state index contributed by atoms with van der Waals surface area (Å²) in [6, 6.07) is 13.2. The van der Waals surface area contributed by atoms with Crippen LogP contribution in [0.1, 0.15) is 16.7 Å². The summed E-state index contributed by atoms with van der Waals surface area (Å²) in [5.74, 6) is -0.420. The molecule has 0 atom stereocenters. The number of carboxylic acids is 1. The average Bonchev–Trinajstić information content (AvgIpc) is 2.44. The van der Waals surface area contributed by atoms with Gasteiger partial charge in [0.05, 0.1) is 5.02 Å². The second-order valence-corrected chi connectivity index (χ2v) is 5.05. The highest BCUT2D eigenvalue weighted by Gasteiger charge is 2.03. The number of hydrogen-bond donors (Lipinski definition) is 1. The van der Waals surface area contributed by atoms with Crippen molar-refractivity contribution in [1.29, 1.82) is 0 Å². The van der Waals surface area contributed by atoms with Crippen LogP contribution in [-0.4, -0.2) is 11.1 Å². The maximum Gasteiger partial charge on any atom is 0.328 e. The van der Waals surface area contributed by atoms with Gasteiger partial charge >= 0.3 is 5.97 Å². The Hall–Kier alpha value is -2.26. The third kappa shape index (κ3) is 4.65. The molecule has 21 heavy (non-hydrogen) atoms. The van der Waals surface area contributed by atoms with Gasteiger partial charge in [0.15, 0.2) is 0 Å². The molecule has 0 spiro atoms. The van der Waals surface area contributed by atoms with Gasteiger partial charge in [-0.1, -0.05) is 47.5 Å². The zero-order valence-electron chi connectivity index (χ0n) is 11.5. The first kappa shape index (κ1) is 15.1. The van der Waals surface area contributed by atoms with E-state index in [4.69, 9.17) is 21.4 Å². The summed E-state index contributed by atoms with van der Waals surface area (Å²) in [6.45, 7) is 2.46. The second kappa shape index (κ2) is 6.95. The van der Waals surface area contributed by atoms with Gasteiger partial charge < -0.3 is 9.84 Å². The van der Waals surface area contributed by atoms with E-state index in [9.17, 15) is 4.79 Å². The smallest absolute Gasteiger partial charge is 0.328 e. The number of aliphatic carboxylic acids is 1. The Kier molecular flexibility index (Phi) is 5.01. The van der Waals surface area contributed by atoms with Crippen molar-refractivity contribution in [1.82, 2.24) is 0 Å². The number of ether oxygens (including phenoxy) is 1. The minimum atomic E-state index is -0.995. The maximum absolute atomic E-state index is 10.5. The summed E-state index contributed by atoms with van der Waals surface area (Å²) in [6.07, 6.45) is 2.55. The van der Waals surface area contributed by atoms with Crippen molar-refractivity contribution in [2.75, 3.05) is 0 Å². The molecule has 3 nitrogen and oxygen atoms in total. The number of hydrogen-bond acceptors (Lipinski definition) is 2. The van der Waals surface area contributed by atoms with Crippen LogP contribution in [0.2, 0.25) is 5.02 Å². The molecule has 0 unspecified atom stereocenters. The number of benzene rings is 2. The van der Waals surface area contributed by atoms with Crippen LogP contribution in [-0.2, 0) is 11.4 Å². The van der Waals surface area contributed by atoms with Crippen molar-refractivity contribution >= 4 is 23.6 Å². The molecule has 0 aliphatic rings. The van der Waals surface area contributed by atoms with Gasteiger partial charge in [-0.25, -0.2) is 4.79 Å². The number of rotatable bonds is 5. The predicted octanol–water partition coefficient (Wildman–Crippen LogP) is 4.33. The molecule has 2 aromatic rings. The van der Waals surface area contributed by atoms with Crippen molar-refractivity contribution in [3.63, 3.8) is 0 Å². The van der Waals surface area contributed by atoms with Crippen LogP contribution >= 0.6 is 11.6 Å². The highest BCUT2D eigenvalue weighted by molar-refractivity contribution is 6.32. The third-order valence-electron chi connectivity index (χ3n) is 2.85. The maximum atomic E-state index is 10.5. The number of carbonyl (C=O) groups is 1. The summed E-state index contributed by atoms with van der Waals surface area (Å²) in [4.78, 5) is 10.5. The van der Waals surface area contributed by atoms with Crippen molar-refractivity contribution in [2.24, 2.45) is 0 Å². The lowest BCUT2D eigenvalue weighted by atomic mass is 10.1. The van der Waals surface area contributed by atoms with Gasteiger partial charge in [0.25, 0.3) is 0 Å². The fourth-order valence-corrected chi connectivity index (χ4v) is 2.11. The molecule has 2 rings (SSSR count). The quantitative estimate of drug-likeness (QED) is 0.836. The first-order valence-corrected chi connectivity index (χ1v) is 6.81. The molecule has 0 heterocycles. The summed E-state index contributed by atoms with van der Waals surface area (Å²) < 4.78 is 5.69. The van der Waals surface area contributed by atoms with Crippen molar-refractivity contribution in [3.05, 3.63) is 70.3 Å². The Bertz CT molecular complexity index is 677. The van der Waals surface area contributed by atoms with Crippen LogP contribution < -0.4 is 4.74 Å². The standard InChI is InChI=1S/C17H15ClO3/c1-12-3-2-4-14(9-12)11-21-16-7-5-13(10-15(16)18)6-8-17(19)20/h2-10H,11H2,1H3,(H,19,20). The van der Waals surface area contributed by atoms with Crippen LogP contribution in [0, 0.1) is 6.92 Å². The molecule has 0 amide bonds. The largest absolute Gasteiger partial charge is 0.487 e. The molecule has 0 bridgehead atoms. The highest BCUT2D eigenvalue weighted by Crippen LogP contribution is 2.26. The SMILES string of the molecule is Cc1cccc(COc2ccc(C=CC(=O)O)cc2Cl)c1. The second-order valence-electron chi connectivity index (χ2n) is 4.64. The van der Waals surface area contributed by atoms with E-state index in [-0.39, 0.29) is 0 Å².